The van der Waals surface area contributed by atoms with Crippen molar-refractivity contribution in [3.63, 3.8) is 0 Å². The van der Waals surface area contributed by atoms with Gasteiger partial charge in [0.15, 0.2) is 6.29 Å². The summed E-state index contributed by atoms with van der Waals surface area (Å²) in [4.78, 5) is 12.3. The molecule has 0 saturated carbocycles. The minimum atomic E-state index is -0.501. The van der Waals surface area contributed by atoms with Crippen molar-refractivity contribution < 1.29 is 9.18 Å². The molecule has 0 atom stereocenters. The zero-order valence-electron chi connectivity index (χ0n) is 8.69. The van der Waals surface area contributed by atoms with Crippen LogP contribution in [0.5, 0.6) is 0 Å². The minimum Gasteiger partial charge on any atom is -0.298 e. The maximum absolute atomic E-state index is 13.4. The third-order valence-electron chi connectivity index (χ3n) is 2.17. The van der Waals surface area contributed by atoms with Crippen LogP contribution < -0.4 is 0 Å². The Labute approximate surface area is 108 Å². The summed E-state index contributed by atoms with van der Waals surface area (Å²) in [6.07, 6.45) is 0.535. The Hall–Kier alpha value is -1.32. The normalized spacial score (nSPS) is 10.2. The van der Waals surface area contributed by atoms with Gasteiger partial charge in [-0.2, -0.15) is 0 Å². The zero-order chi connectivity index (χ0) is 12.3. The topological polar surface area (TPSA) is 17.1 Å². The number of halogens is 2. The van der Waals surface area contributed by atoms with Crippen LogP contribution in [0.25, 0.3) is 0 Å². The van der Waals surface area contributed by atoms with E-state index in [9.17, 15) is 9.18 Å². The smallest absolute Gasteiger partial charge is 0.154 e. The molecule has 0 aliphatic heterocycles. The molecule has 1 nitrogen and oxygen atoms in total. The molecule has 0 bridgehead atoms. The van der Waals surface area contributed by atoms with Crippen molar-refractivity contribution in [3.8, 4) is 0 Å². The molecule has 0 spiro atoms. The maximum atomic E-state index is 13.4. The molecule has 2 aromatic rings. The van der Waals surface area contributed by atoms with Crippen LogP contribution in [-0.2, 0) is 0 Å². The molecule has 0 N–H and O–H groups in total. The van der Waals surface area contributed by atoms with Crippen LogP contribution in [0, 0.1) is 5.82 Å². The van der Waals surface area contributed by atoms with Crippen LogP contribution in [0.15, 0.2) is 52.3 Å². The van der Waals surface area contributed by atoms with Gasteiger partial charge in [0.2, 0.25) is 0 Å². The van der Waals surface area contributed by atoms with Crippen molar-refractivity contribution in [1.29, 1.82) is 0 Å². The number of hydrogen-bond donors (Lipinski definition) is 0. The molecule has 0 heterocycles. The molecule has 0 unspecified atom stereocenters. The third-order valence-corrected chi connectivity index (χ3v) is 3.51. The third kappa shape index (κ3) is 2.87. The summed E-state index contributed by atoms with van der Waals surface area (Å²) in [6, 6.07) is 11.7. The minimum absolute atomic E-state index is 0.0902. The molecule has 4 heteroatoms. The van der Waals surface area contributed by atoms with Crippen LogP contribution >= 0.6 is 23.4 Å². The number of hydrogen-bond acceptors (Lipinski definition) is 2. The van der Waals surface area contributed by atoms with Gasteiger partial charge in [0, 0.05) is 14.8 Å². The second-order valence-electron chi connectivity index (χ2n) is 3.33. The highest BCUT2D eigenvalue weighted by molar-refractivity contribution is 7.99. The molecule has 0 fully saturated rings. The average molecular weight is 267 g/mol. The van der Waals surface area contributed by atoms with Gasteiger partial charge >= 0.3 is 0 Å². The Bertz CT molecular complexity index is 540. The van der Waals surface area contributed by atoms with Crippen LogP contribution in [0.2, 0.25) is 5.02 Å². The average Bonchev–Trinajstić information content (AvgIpc) is 2.32. The monoisotopic (exact) mass is 266 g/mol. The van der Waals surface area contributed by atoms with Gasteiger partial charge in [-0.25, -0.2) is 4.39 Å². The lowest BCUT2D eigenvalue weighted by atomic mass is 10.2. The fraction of sp³-hybridized carbons (Fsp3) is 0. The van der Waals surface area contributed by atoms with E-state index < -0.39 is 5.82 Å². The lowest BCUT2D eigenvalue weighted by Gasteiger charge is -2.05. The lowest BCUT2D eigenvalue weighted by molar-refractivity contribution is 0.111. The summed E-state index contributed by atoms with van der Waals surface area (Å²) < 4.78 is 13.4. The van der Waals surface area contributed by atoms with E-state index in [1.807, 2.05) is 12.1 Å². The lowest BCUT2D eigenvalue weighted by Crippen LogP contribution is -1.90. The fourth-order valence-electron chi connectivity index (χ4n) is 1.35. The summed E-state index contributed by atoms with van der Waals surface area (Å²) in [5, 5.41) is 0.643. The molecule has 0 aliphatic carbocycles. The van der Waals surface area contributed by atoms with Crippen molar-refractivity contribution in [2.45, 2.75) is 9.79 Å². The predicted molar refractivity (Wildman–Crippen MR) is 67.4 cm³/mol. The van der Waals surface area contributed by atoms with E-state index in [-0.39, 0.29) is 5.56 Å². The molecular formula is C13H8ClFOS. The highest BCUT2D eigenvalue weighted by Crippen LogP contribution is 2.31. The largest absolute Gasteiger partial charge is 0.298 e. The first kappa shape index (κ1) is 12.1. The predicted octanol–water partition coefficient (Wildman–Crippen LogP) is 4.44. The molecule has 86 valence electrons. The molecule has 0 amide bonds. The molecular weight excluding hydrogens is 259 g/mol. The van der Waals surface area contributed by atoms with Gasteiger partial charge in [-0.15, -0.1) is 0 Å². The van der Waals surface area contributed by atoms with Gasteiger partial charge in [0.25, 0.3) is 0 Å². The quantitative estimate of drug-likeness (QED) is 0.764. The number of carbonyl (C=O) groups excluding carboxylic acids is 1. The van der Waals surface area contributed by atoms with Crippen LogP contribution in [-0.4, -0.2) is 6.29 Å². The molecule has 0 aliphatic rings. The summed E-state index contributed by atoms with van der Waals surface area (Å²) >= 11 is 7.10. The number of rotatable bonds is 3. The van der Waals surface area contributed by atoms with Crippen molar-refractivity contribution in [3.05, 3.63) is 58.9 Å². The van der Waals surface area contributed by atoms with E-state index in [2.05, 4.69) is 0 Å². The van der Waals surface area contributed by atoms with Gasteiger partial charge in [-0.3, -0.25) is 4.79 Å². The van der Waals surface area contributed by atoms with Gasteiger partial charge in [0.1, 0.15) is 5.82 Å². The molecule has 2 rings (SSSR count). The Morgan fingerprint density at radius 1 is 1.12 bits per heavy atom. The van der Waals surface area contributed by atoms with Crippen LogP contribution in [0.4, 0.5) is 4.39 Å². The second-order valence-corrected chi connectivity index (χ2v) is 4.88. The van der Waals surface area contributed by atoms with E-state index in [4.69, 9.17) is 11.6 Å². The Morgan fingerprint density at radius 2 is 1.82 bits per heavy atom. The number of carbonyl (C=O) groups is 1. The molecule has 17 heavy (non-hydrogen) atoms. The van der Waals surface area contributed by atoms with Crippen LogP contribution in [0.3, 0.4) is 0 Å². The summed E-state index contributed by atoms with van der Waals surface area (Å²) in [5.74, 6) is -0.501. The zero-order valence-corrected chi connectivity index (χ0v) is 10.3. The SMILES string of the molecule is O=Cc1c(F)cccc1Sc1ccc(Cl)cc1. The first-order valence-corrected chi connectivity index (χ1v) is 6.07. The number of benzene rings is 2. The Morgan fingerprint density at radius 3 is 2.47 bits per heavy atom. The molecule has 2 aromatic carbocycles. The van der Waals surface area contributed by atoms with E-state index >= 15 is 0 Å². The molecule has 0 aromatic heterocycles. The van der Waals surface area contributed by atoms with Crippen molar-refractivity contribution in [1.82, 2.24) is 0 Å². The van der Waals surface area contributed by atoms with Gasteiger partial charge in [-0.05, 0) is 36.4 Å². The fourth-order valence-corrected chi connectivity index (χ4v) is 2.40. The highest BCUT2D eigenvalue weighted by Gasteiger charge is 2.08. The van der Waals surface area contributed by atoms with Crippen molar-refractivity contribution >= 4 is 29.6 Å². The number of aldehydes is 1. The molecule has 0 radical (unpaired) electrons. The summed E-state index contributed by atoms with van der Waals surface area (Å²) in [5.41, 5.74) is 0.0902. The van der Waals surface area contributed by atoms with Gasteiger partial charge < -0.3 is 0 Å². The second kappa shape index (κ2) is 5.34. The van der Waals surface area contributed by atoms with E-state index in [1.165, 1.54) is 17.8 Å². The van der Waals surface area contributed by atoms with E-state index in [0.29, 0.717) is 16.2 Å². The summed E-state index contributed by atoms with van der Waals surface area (Å²) in [7, 11) is 0. The molecule has 0 saturated heterocycles. The van der Waals surface area contributed by atoms with Crippen LogP contribution in [0.1, 0.15) is 10.4 Å². The summed E-state index contributed by atoms with van der Waals surface area (Å²) in [6.45, 7) is 0. The standard InChI is InChI=1S/C13H8ClFOS/c14-9-4-6-10(7-5-9)17-13-3-1-2-12(15)11(13)8-16/h1-8H. The van der Waals surface area contributed by atoms with Gasteiger partial charge in [0.05, 0.1) is 5.56 Å². The Balaban J connectivity index is 2.33. The first-order valence-electron chi connectivity index (χ1n) is 4.88. The highest BCUT2D eigenvalue weighted by atomic mass is 35.5. The van der Waals surface area contributed by atoms with Crippen molar-refractivity contribution in [2.24, 2.45) is 0 Å². The Kier molecular flexibility index (Phi) is 3.82. The maximum Gasteiger partial charge on any atom is 0.154 e. The van der Waals surface area contributed by atoms with Crippen molar-refractivity contribution in [2.75, 3.05) is 0 Å². The first-order chi connectivity index (χ1) is 8.20. The van der Waals surface area contributed by atoms with E-state index in [1.54, 1.807) is 24.3 Å². The van der Waals surface area contributed by atoms with E-state index in [0.717, 1.165) is 4.90 Å². The van der Waals surface area contributed by atoms with Gasteiger partial charge in [-0.1, -0.05) is 29.4 Å².